The molecule has 0 aliphatic rings. The smallest absolute Gasteiger partial charge is 0.271 e. The minimum absolute atomic E-state index is 0.0849. The highest BCUT2D eigenvalue weighted by Gasteiger charge is 2.08. The van der Waals surface area contributed by atoms with Gasteiger partial charge in [0.15, 0.2) is 0 Å². The molecular formula is C18H20N4O2. The summed E-state index contributed by atoms with van der Waals surface area (Å²) in [6.07, 6.45) is 1.62. The molecule has 0 saturated carbocycles. The average molecular weight is 324 g/mol. The lowest BCUT2D eigenvalue weighted by Crippen LogP contribution is -2.17. The van der Waals surface area contributed by atoms with Gasteiger partial charge < -0.3 is 9.30 Å². The number of aromatic nitrogens is 1. The predicted octanol–water partition coefficient (Wildman–Crippen LogP) is 2.76. The number of nitriles is 1. The SMILES string of the molecule is Cc1c(/C=N\NC(=O)c2ccc(OC(C)C)cc2)cc(C#N)n1C. The molecule has 0 radical (unpaired) electrons. The predicted molar refractivity (Wildman–Crippen MR) is 92.1 cm³/mol. The maximum atomic E-state index is 12.1. The highest BCUT2D eigenvalue weighted by molar-refractivity contribution is 5.95. The van der Waals surface area contributed by atoms with Crippen molar-refractivity contribution in [2.75, 3.05) is 0 Å². The summed E-state index contributed by atoms with van der Waals surface area (Å²) in [5.74, 6) is 0.408. The first-order valence-corrected chi connectivity index (χ1v) is 7.59. The molecule has 0 spiro atoms. The summed E-state index contributed by atoms with van der Waals surface area (Å²) in [5, 5.41) is 13.0. The summed E-state index contributed by atoms with van der Waals surface area (Å²) >= 11 is 0. The van der Waals surface area contributed by atoms with Gasteiger partial charge in [-0.05, 0) is 51.1 Å². The van der Waals surface area contributed by atoms with Crippen molar-refractivity contribution in [3.8, 4) is 11.8 Å². The van der Waals surface area contributed by atoms with Crippen molar-refractivity contribution in [1.29, 1.82) is 5.26 Å². The van der Waals surface area contributed by atoms with Crippen LogP contribution in [0.25, 0.3) is 0 Å². The number of carbonyl (C=O) groups is 1. The number of nitrogens with one attached hydrogen (secondary N) is 1. The first-order chi connectivity index (χ1) is 11.4. The number of hydrogen-bond acceptors (Lipinski definition) is 4. The number of hydrazone groups is 1. The summed E-state index contributed by atoms with van der Waals surface area (Å²) in [4.78, 5) is 12.1. The van der Waals surface area contributed by atoms with Crippen molar-refractivity contribution >= 4 is 12.1 Å². The van der Waals surface area contributed by atoms with Crippen LogP contribution in [0.4, 0.5) is 0 Å². The van der Waals surface area contributed by atoms with Gasteiger partial charge in [-0.1, -0.05) is 0 Å². The molecule has 1 aromatic heterocycles. The molecule has 124 valence electrons. The van der Waals surface area contributed by atoms with Crippen molar-refractivity contribution in [2.45, 2.75) is 26.9 Å². The third kappa shape index (κ3) is 4.02. The Hall–Kier alpha value is -3.07. The van der Waals surface area contributed by atoms with Crippen LogP contribution in [0.1, 0.15) is 41.2 Å². The van der Waals surface area contributed by atoms with E-state index in [2.05, 4.69) is 16.6 Å². The minimum Gasteiger partial charge on any atom is -0.491 e. The molecule has 2 aromatic rings. The summed E-state index contributed by atoms with van der Waals surface area (Å²) in [5.41, 5.74) is 5.20. The Morgan fingerprint density at radius 2 is 2.04 bits per heavy atom. The molecule has 1 aromatic carbocycles. The van der Waals surface area contributed by atoms with E-state index in [1.54, 1.807) is 34.9 Å². The van der Waals surface area contributed by atoms with E-state index >= 15 is 0 Å². The van der Waals surface area contributed by atoms with Crippen LogP contribution in [0, 0.1) is 18.3 Å². The molecule has 1 heterocycles. The number of nitrogens with zero attached hydrogens (tertiary/aromatic N) is 3. The van der Waals surface area contributed by atoms with Crippen molar-refractivity contribution < 1.29 is 9.53 Å². The molecule has 0 unspecified atom stereocenters. The molecule has 0 aliphatic heterocycles. The zero-order chi connectivity index (χ0) is 17.7. The standard InChI is InChI=1S/C18H20N4O2/c1-12(2)24-17-7-5-14(6-8-17)18(23)21-20-11-15-9-16(10-19)22(4)13(15)3/h5-9,11-12H,1-4H3,(H,21,23)/b20-11-. The normalized spacial score (nSPS) is 10.8. The van der Waals surface area contributed by atoms with Crippen molar-refractivity contribution in [2.24, 2.45) is 12.1 Å². The van der Waals surface area contributed by atoms with Gasteiger partial charge in [-0.15, -0.1) is 0 Å². The van der Waals surface area contributed by atoms with Crippen molar-refractivity contribution in [1.82, 2.24) is 9.99 Å². The second-order valence-electron chi connectivity index (χ2n) is 5.63. The average Bonchev–Trinajstić information content (AvgIpc) is 2.82. The minimum atomic E-state index is -0.309. The van der Waals surface area contributed by atoms with Crippen LogP contribution in [0.5, 0.6) is 5.75 Å². The van der Waals surface area contributed by atoms with Crippen LogP contribution in [-0.2, 0) is 7.05 Å². The van der Waals surface area contributed by atoms with E-state index in [4.69, 9.17) is 10.00 Å². The third-order valence-electron chi connectivity index (χ3n) is 3.55. The van der Waals surface area contributed by atoms with Gasteiger partial charge >= 0.3 is 0 Å². The zero-order valence-electron chi connectivity index (χ0n) is 14.2. The molecule has 6 heteroatoms. The lowest BCUT2D eigenvalue weighted by molar-refractivity contribution is 0.0955. The molecule has 1 amide bonds. The van der Waals surface area contributed by atoms with E-state index in [9.17, 15) is 4.79 Å². The Kier molecular flexibility index (Phi) is 5.38. The highest BCUT2D eigenvalue weighted by Crippen LogP contribution is 2.14. The summed E-state index contributed by atoms with van der Waals surface area (Å²) in [7, 11) is 1.81. The zero-order valence-corrected chi connectivity index (χ0v) is 14.2. The molecule has 2 rings (SSSR count). The Morgan fingerprint density at radius 3 is 2.58 bits per heavy atom. The molecule has 0 atom stereocenters. The first-order valence-electron chi connectivity index (χ1n) is 7.59. The van der Waals surface area contributed by atoms with E-state index in [1.807, 2.05) is 27.8 Å². The number of benzene rings is 1. The second kappa shape index (κ2) is 7.47. The monoisotopic (exact) mass is 324 g/mol. The van der Waals surface area contributed by atoms with E-state index in [1.165, 1.54) is 6.21 Å². The molecule has 24 heavy (non-hydrogen) atoms. The number of rotatable bonds is 5. The Bertz CT molecular complexity index is 796. The van der Waals surface area contributed by atoms with Gasteiger partial charge in [-0.2, -0.15) is 10.4 Å². The Morgan fingerprint density at radius 1 is 1.38 bits per heavy atom. The Balaban J connectivity index is 2.01. The van der Waals surface area contributed by atoms with Crippen LogP contribution in [-0.4, -0.2) is 22.8 Å². The molecule has 0 saturated heterocycles. The molecule has 0 bridgehead atoms. The quantitative estimate of drug-likeness (QED) is 0.678. The fourth-order valence-electron chi connectivity index (χ4n) is 2.14. The maximum absolute atomic E-state index is 12.1. The molecular weight excluding hydrogens is 304 g/mol. The number of ether oxygens (including phenoxy) is 1. The van der Waals surface area contributed by atoms with Crippen molar-refractivity contribution in [3.63, 3.8) is 0 Å². The van der Waals surface area contributed by atoms with Crippen LogP contribution in [0.2, 0.25) is 0 Å². The third-order valence-corrected chi connectivity index (χ3v) is 3.55. The lowest BCUT2D eigenvalue weighted by Gasteiger charge is -2.09. The molecule has 1 N–H and O–H groups in total. The highest BCUT2D eigenvalue weighted by atomic mass is 16.5. The van der Waals surface area contributed by atoms with Crippen LogP contribution in [0.15, 0.2) is 35.4 Å². The van der Waals surface area contributed by atoms with Crippen LogP contribution in [0.3, 0.4) is 0 Å². The lowest BCUT2D eigenvalue weighted by atomic mass is 10.2. The van der Waals surface area contributed by atoms with E-state index in [0.29, 0.717) is 17.0 Å². The summed E-state index contributed by atoms with van der Waals surface area (Å²) in [6, 6.07) is 10.7. The van der Waals surface area contributed by atoms with E-state index < -0.39 is 0 Å². The summed E-state index contributed by atoms with van der Waals surface area (Å²) in [6.45, 7) is 5.77. The maximum Gasteiger partial charge on any atom is 0.271 e. The fraction of sp³-hybridized carbons (Fsp3) is 0.278. The van der Waals surface area contributed by atoms with Gasteiger partial charge in [0.05, 0.1) is 12.3 Å². The van der Waals surface area contributed by atoms with Crippen LogP contribution >= 0.6 is 0 Å². The van der Waals surface area contributed by atoms with E-state index in [-0.39, 0.29) is 12.0 Å². The van der Waals surface area contributed by atoms with Gasteiger partial charge in [0.25, 0.3) is 5.91 Å². The van der Waals surface area contributed by atoms with Gasteiger partial charge in [0, 0.05) is 23.9 Å². The van der Waals surface area contributed by atoms with Gasteiger partial charge in [-0.3, -0.25) is 4.79 Å². The summed E-state index contributed by atoms with van der Waals surface area (Å²) < 4.78 is 7.31. The number of amides is 1. The molecule has 0 fully saturated rings. The van der Waals surface area contributed by atoms with Crippen molar-refractivity contribution in [3.05, 3.63) is 52.8 Å². The first kappa shape index (κ1) is 17.3. The number of carbonyl (C=O) groups excluding carboxylic acids is 1. The largest absolute Gasteiger partial charge is 0.491 e. The van der Waals surface area contributed by atoms with E-state index in [0.717, 1.165) is 11.3 Å². The second-order valence-corrected chi connectivity index (χ2v) is 5.63. The Labute approximate surface area is 141 Å². The fourth-order valence-corrected chi connectivity index (χ4v) is 2.14. The molecule has 0 aliphatic carbocycles. The van der Waals surface area contributed by atoms with Crippen LogP contribution < -0.4 is 10.2 Å². The van der Waals surface area contributed by atoms with Gasteiger partial charge in [-0.25, -0.2) is 5.43 Å². The number of hydrogen-bond donors (Lipinski definition) is 1. The topological polar surface area (TPSA) is 79.4 Å². The van der Waals surface area contributed by atoms with Gasteiger partial charge in [0.2, 0.25) is 0 Å². The molecule has 6 nitrogen and oxygen atoms in total. The van der Waals surface area contributed by atoms with Gasteiger partial charge in [0.1, 0.15) is 17.5 Å².